The Kier molecular flexibility index (Phi) is 12.1. The summed E-state index contributed by atoms with van der Waals surface area (Å²) >= 11 is 0. The lowest BCUT2D eigenvalue weighted by molar-refractivity contribution is 0.155. The minimum Gasteiger partial charge on any atom is -0.380 e. The molecular formula is C14H28IN5O2. The van der Waals surface area contributed by atoms with E-state index in [1.54, 1.807) is 0 Å². The Morgan fingerprint density at radius 2 is 2.09 bits per heavy atom. The summed E-state index contributed by atoms with van der Waals surface area (Å²) in [6.45, 7) is 11.6. The molecule has 0 amide bonds. The van der Waals surface area contributed by atoms with Crippen LogP contribution in [0.2, 0.25) is 0 Å². The molecule has 0 aliphatic heterocycles. The fourth-order valence-corrected chi connectivity index (χ4v) is 1.60. The third-order valence-electron chi connectivity index (χ3n) is 2.69. The number of hydrogen-bond donors (Lipinski definition) is 2. The lowest BCUT2D eigenvalue weighted by Gasteiger charge is -2.10. The zero-order valence-corrected chi connectivity index (χ0v) is 16.2. The molecule has 0 saturated heterocycles. The second-order valence-electron chi connectivity index (χ2n) is 4.84. The highest BCUT2D eigenvalue weighted by Crippen LogP contribution is 2.09. The number of hydrogen-bond acceptors (Lipinski definition) is 5. The van der Waals surface area contributed by atoms with Crippen LogP contribution in [-0.4, -0.2) is 48.9 Å². The van der Waals surface area contributed by atoms with Gasteiger partial charge in [-0.25, -0.2) is 0 Å². The molecule has 0 fully saturated rings. The van der Waals surface area contributed by atoms with Gasteiger partial charge in [0.2, 0.25) is 5.89 Å². The van der Waals surface area contributed by atoms with E-state index >= 15 is 0 Å². The van der Waals surface area contributed by atoms with E-state index in [1.165, 1.54) is 0 Å². The molecule has 2 N–H and O–H groups in total. The molecule has 0 aliphatic carbocycles. The van der Waals surface area contributed by atoms with Crippen LogP contribution in [0.4, 0.5) is 0 Å². The molecule has 0 radical (unpaired) electrons. The highest BCUT2D eigenvalue weighted by atomic mass is 127. The Bertz CT molecular complexity index is 423. The first-order chi connectivity index (χ1) is 10.2. The summed E-state index contributed by atoms with van der Waals surface area (Å²) in [6, 6.07) is 0. The van der Waals surface area contributed by atoms with Crippen LogP contribution < -0.4 is 10.6 Å². The fourth-order valence-electron chi connectivity index (χ4n) is 1.60. The maximum absolute atomic E-state index is 5.27. The van der Waals surface area contributed by atoms with Gasteiger partial charge in [0.05, 0.1) is 13.2 Å². The van der Waals surface area contributed by atoms with Crippen LogP contribution >= 0.6 is 24.0 Å². The molecule has 1 heterocycles. The summed E-state index contributed by atoms with van der Waals surface area (Å²) in [5, 5.41) is 10.4. The zero-order valence-electron chi connectivity index (χ0n) is 13.9. The van der Waals surface area contributed by atoms with Crippen molar-refractivity contribution in [3.63, 3.8) is 0 Å². The van der Waals surface area contributed by atoms with Crippen molar-refractivity contribution in [2.24, 2.45) is 4.99 Å². The van der Waals surface area contributed by atoms with Gasteiger partial charge in [-0.15, -0.1) is 24.0 Å². The fraction of sp³-hybridized carbons (Fsp3) is 0.786. The Morgan fingerprint density at radius 1 is 1.32 bits per heavy atom. The van der Waals surface area contributed by atoms with Gasteiger partial charge >= 0.3 is 0 Å². The van der Waals surface area contributed by atoms with E-state index < -0.39 is 0 Å². The highest BCUT2D eigenvalue weighted by molar-refractivity contribution is 14.0. The van der Waals surface area contributed by atoms with Crippen molar-refractivity contribution in [3.05, 3.63) is 11.7 Å². The molecule has 0 aromatic carbocycles. The molecule has 0 spiro atoms. The van der Waals surface area contributed by atoms with E-state index in [-0.39, 0.29) is 29.9 Å². The highest BCUT2D eigenvalue weighted by Gasteiger charge is 2.09. The second-order valence-corrected chi connectivity index (χ2v) is 4.84. The van der Waals surface area contributed by atoms with Gasteiger partial charge in [0.15, 0.2) is 11.8 Å². The van der Waals surface area contributed by atoms with Crippen molar-refractivity contribution in [1.29, 1.82) is 0 Å². The molecule has 0 bridgehead atoms. The molecule has 0 atom stereocenters. The van der Waals surface area contributed by atoms with Crippen LogP contribution in [0.15, 0.2) is 9.52 Å². The third-order valence-corrected chi connectivity index (χ3v) is 2.69. The van der Waals surface area contributed by atoms with E-state index in [1.807, 2.05) is 27.7 Å². The summed E-state index contributed by atoms with van der Waals surface area (Å²) in [6.07, 6.45) is 0.676. The topological polar surface area (TPSA) is 84.6 Å². The van der Waals surface area contributed by atoms with Gasteiger partial charge in [-0.3, -0.25) is 4.99 Å². The molecule has 7 nitrogen and oxygen atoms in total. The number of halogens is 1. The molecule has 0 unspecified atom stereocenters. The minimum absolute atomic E-state index is 0. The molecule has 22 heavy (non-hydrogen) atoms. The summed E-state index contributed by atoms with van der Waals surface area (Å²) in [4.78, 5) is 8.76. The van der Waals surface area contributed by atoms with Gasteiger partial charge in [-0.2, -0.15) is 4.98 Å². The molecule has 0 aliphatic rings. The van der Waals surface area contributed by atoms with Crippen molar-refractivity contribution < 1.29 is 9.26 Å². The van der Waals surface area contributed by atoms with Crippen LogP contribution in [0, 0.1) is 0 Å². The van der Waals surface area contributed by atoms with E-state index in [0.717, 1.165) is 24.9 Å². The van der Waals surface area contributed by atoms with Crippen molar-refractivity contribution in [3.8, 4) is 0 Å². The molecule has 0 saturated carbocycles. The van der Waals surface area contributed by atoms with Crippen LogP contribution in [0.5, 0.6) is 0 Å². The molecule has 1 aromatic rings. The Hall–Kier alpha value is -0.900. The monoisotopic (exact) mass is 425 g/mol. The summed E-state index contributed by atoms with van der Waals surface area (Å²) in [7, 11) is 0. The van der Waals surface area contributed by atoms with Gasteiger partial charge in [0.25, 0.3) is 0 Å². The zero-order chi connectivity index (χ0) is 15.5. The Balaban J connectivity index is 0.00000441. The first-order valence-corrected chi connectivity index (χ1v) is 7.59. The van der Waals surface area contributed by atoms with Crippen LogP contribution in [0.3, 0.4) is 0 Å². The molecule has 128 valence electrons. The summed E-state index contributed by atoms with van der Waals surface area (Å²) in [5.74, 6) is 2.47. The van der Waals surface area contributed by atoms with Gasteiger partial charge in [-0.1, -0.05) is 19.0 Å². The second kappa shape index (κ2) is 12.6. The van der Waals surface area contributed by atoms with Crippen LogP contribution in [0.25, 0.3) is 0 Å². The van der Waals surface area contributed by atoms with Gasteiger partial charge in [0, 0.05) is 32.0 Å². The molecule has 8 heteroatoms. The van der Waals surface area contributed by atoms with Crippen LogP contribution in [-0.2, 0) is 11.2 Å². The summed E-state index contributed by atoms with van der Waals surface area (Å²) in [5.41, 5.74) is 0. The van der Waals surface area contributed by atoms with Gasteiger partial charge < -0.3 is 19.9 Å². The maximum Gasteiger partial charge on any atom is 0.228 e. The van der Waals surface area contributed by atoms with Crippen molar-refractivity contribution >= 4 is 29.9 Å². The lowest BCUT2D eigenvalue weighted by atomic mass is 10.2. The minimum atomic E-state index is 0. The SMILES string of the molecule is CCNC(=NCCOCC)NCCc1nc(C(C)C)no1.I. The van der Waals surface area contributed by atoms with E-state index in [9.17, 15) is 0 Å². The standard InChI is InChI=1S/C14H27N5O2.HI/c1-5-15-14(17-9-10-20-6-2)16-8-7-12-18-13(11(3)4)19-21-12;/h11H,5-10H2,1-4H3,(H2,15,16,17);1H. The predicted octanol–water partition coefficient (Wildman–Crippen LogP) is 1.95. The molecular weight excluding hydrogens is 397 g/mol. The maximum atomic E-state index is 5.27. The van der Waals surface area contributed by atoms with Crippen molar-refractivity contribution in [1.82, 2.24) is 20.8 Å². The number of aliphatic imine (C=N–C) groups is 1. The number of guanidine groups is 1. The Morgan fingerprint density at radius 3 is 2.68 bits per heavy atom. The first-order valence-electron chi connectivity index (χ1n) is 7.59. The molecule has 1 rings (SSSR count). The number of nitrogens with one attached hydrogen (secondary N) is 2. The predicted molar refractivity (Wildman–Crippen MR) is 98.0 cm³/mol. The normalized spacial score (nSPS) is 11.4. The van der Waals surface area contributed by atoms with Gasteiger partial charge in [0.1, 0.15) is 0 Å². The average molecular weight is 425 g/mol. The quantitative estimate of drug-likeness (QED) is 0.272. The van der Waals surface area contributed by atoms with E-state index in [2.05, 4.69) is 25.8 Å². The van der Waals surface area contributed by atoms with Crippen molar-refractivity contribution in [2.45, 2.75) is 40.0 Å². The smallest absolute Gasteiger partial charge is 0.228 e. The van der Waals surface area contributed by atoms with Gasteiger partial charge in [-0.05, 0) is 13.8 Å². The van der Waals surface area contributed by atoms with E-state index in [0.29, 0.717) is 32.0 Å². The number of aromatic nitrogens is 2. The molecule has 1 aromatic heterocycles. The number of ether oxygens (including phenoxy) is 1. The van der Waals surface area contributed by atoms with E-state index in [4.69, 9.17) is 9.26 Å². The third kappa shape index (κ3) is 8.52. The van der Waals surface area contributed by atoms with Crippen molar-refractivity contribution in [2.75, 3.05) is 32.8 Å². The lowest BCUT2D eigenvalue weighted by Crippen LogP contribution is -2.38. The number of rotatable bonds is 9. The number of nitrogens with zero attached hydrogens (tertiary/aromatic N) is 3. The average Bonchev–Trinajstić information content (AvgIpc) is 2.92. The van der Waals surface area contributed by atoms with Crippen LogP contribution in [0.1, 0.15) is 45.3 Å². The largest absolute Gasteiger partial charge is 0.380 e. The Labute approximate surface area is 149 Å². The summed E-state index contributed by atoms with van der Waals surface area (Å²) < 4.78 is 10.5. The first kappa shape index (κ1) is 21.1.